The number of fused-ring (bicyclic) bond motifs is 1. The lowest BCUT2D eigenvalue weighted by Gasteiger charge is -2.32. The molecule has 1 aliphatic rings. The molecule has 0 amide bonds. The van der Waals surface area contributed by atoms with E-state index in [1.165, 1.54) is 0 Å². The summed E-state index contributed by atoms with van der Waals surface area (Å²) >= 11 is 6.19. The van der Waals surface area contributed by atoms with E-state index >= 15 is 0 Å². The Bertz CT molecular complexity index is 1330. The van der Waals surface area contributed by atoms with E-state index in [-0.39, 0.29) is 6.04 Å². The van der Waals surface area contributed by atoms with Crippen LogP contribution in [0.2, 0.25) is 5.02 Å². The molecular formula is C25H29ClN8O. The lowest BCUT2D eigenvalue weighted by molar-refractivity contribution is -0.102. The number of rotatable bonds is 9. The molecule has 0 spiro atoms. The maximum Gasteiger partial charge on any atom is 0.201 e. The Morgan fingerprint density at radius 1 is 1.31 bits per heavy atom. The minimum Gasteiger partial charge on any atom is -0.402 e. The van der Waals surface area contributed by atoms with Crippen LogP contribution < -0.4 is 16.0 Å². The van der Waals surface area contributed by atoms with Crippen LogP contribution in [0.5, 0.6) is 0 Å². The van der Waals surface area contributed by atoms with Gasteiger partial charge in [0.25, 0.3) is 0 Å². The van der Waals surface area contributed by atoms with Gasteiger partial charge in [-0.1, -0.05) is 30.3 Å². The summed E-state index contributed by atoms with van der Waals surface area (Å²) in [4.78, 5) is 18.8. The van der Waals surface area contributed by atoms with Crippen molar-refractivity contribution in [3.8, 4) is 0 Å². The Morgan fingerprint density at radius 3 is 2.57 bits per heavy atom. The zero-order valence-corrected chi connectivity index (χ0v) is 21.0. The van der Waals surface area contributed by atoms with Gasteiger partial charge in [0.2, 0.25) is 5.65 Å². The quantitative estimate of drug-likeness (QED) is 0.339. The number of nitrogens with zero attached hydrogens (tertiary/aromatic N) is 6. The summed E-state index contributed by atoms with van der Waals surface area (Å²) in [7, 11) is 1.90. The number of carbonyl (C=O) groups is 1. The summed E-state index contributed by atoms with van der Waals surface area (Å²) in [6, 6.07) is 9.04. The van der Waals surface area contributed by atoms with Crippen LogP contribution in [0, 0.1) is 6.92 Å². The molecule has 9 nitrogen and oxygen atoms in total. The first-order valence-electron chi connectivity index (χ1n) is 11.3. The number of nitrogens with one attached hydrogen (secondary N) is 1. The van der Waals surface area contributed by atoms with E-state index in [2.05, 4.69) is 27.1 Å². The van der Waals surface area contributed by atoms with E-state index in [4.69, 9.17) is 22.4 Å². The second-order valence-electron chi connectivity index (χ2n) is 8.83. The lowest BCUT2D eigenvalue weighted by atomic mass is 9.92. The second-order valence-corrected chi connectivity index (χ2v) is 9.27. The number of aldehydes is 1. The number of aromatic nitrogens is 4. The zero-order chi connectivity index (χ0) is 25.3. The monoisotopic (exact) mass is 492 g/mol. The minimum atomic E-state index is -0.459. The van der Waals surface area contributed by atoms with Crippen LogP contribution in [0.4, 0.5) is 11.5 Å². The van der Waals surface area contributed by atoms with Crippen LogP contribution in [0.1, 0.15) is 44.1 Å². The molecular weight excluding hydrogens is 464 g/mol. The molecule has 2 heterocycles. The second kappa shape index (κ2) is 9.87. The van der Waals surface area contributed by atoms with Gasteiger partial charge in [-0.3, -0.25) is 9.79 Å². The molecule has 1 fully saturated rings. The third-order valence-corrected chi connectivity index (χ3v) is 6.00. The third-order valence-electron chi connectivity index (χ3n) is 5.75. The number of benzene rings is 1. The van der Waals surface area contributed by atoms with Crippen molar-refractivity contribution in [1.82, 2.24) is 19.8 Å². The number of aryl methyl sites for hydroxylation is 1. The van der Waals surface area contributed by atoms with Gasteiger partial charge in [0.15, 0.2) is 17.9 Å². The first-order chi connectivity index (χ1) is 16.7. The normalized spacial score (nSPS) is 15.5. The molecule has 3 N–H and O–H groups in total. The van der Waals surface area contributed by atoms with E-state index in [9.17, 15) is 4.79 Å². The Kier molecular flexibility index (Phi) is 6.88. The van der Waals surface area contributed by atoms with E-state index in [0.717, 1.165) is 30.4 Å². The van der Waals surface area contributed by atoms with Gasteiger partial charge < -0.3 is 16.0 Å². The van der Waals surface area contributed by atoms with E-state index in [1.54, 1.807) is 11.4 Å². The highest BCUT2D eigenvalue weighted by Crippen LogP contribution is 2.36. The van der Waals surface area contributed by atoms with Gasteiger partial charge in [0.05, 0.1) is 17.8 Å². The molecule has 2 aromatic heterocycles. The molecule has 1 atom stereocenters. The van der Waals surface area contributed by atoms with Crippen LogP contribution in [0.15, 0.2) is 58.9 Å². The molecule has 182 valence electrons. The molecule has 10 heteroatoms. The van der Waals surface area contributed by atoms with Crippen LogP contribution in [-0.2, 0) is 4.79 Å². The summed E-state index contributed by atoms with van der Waals surface area (Å²) in [5, 5.41) is 17.1. The predicted octanol–water partition coefficient (Wildman–Crippen LogP) is 4.24. The van der Waals surface area contributed by atoms with Crippen LogP contribution >= 0.6 is 11.6 Å². The summed E-state index contributed by atoms with van der Waals surface area (Å²) in [6.45, 7) is 9.44. The predicted molar refractivity (Wildman–Crippen MR) is 140 cm³/mol. The molecule has 1 aromatic carbocycles. The van der Waals surface area contributed by atoms with Crippen molar-refractivity contribution in [3.63, 3.8) is 0 Å². The molecule has 0 radical (unpaired) electrons. The van der Waals surface area contributed by atoms with Crippen molar-refractivity contribution in [1.29, 1.82) is 0 Å². The molecule has 1 saturated carbocycles. The van der Waals surface area contributed by atoms with Crippen molar-refractivity contribution in [2.75, 3.05) is 17.3 Å². The minimum absolute atomic E-state index is 0.154. The number of allylic oxidation sites excluding steroid dienone is 2. The molecule has 0 saturated heterocycles. The fourth-order valence-corrected chi connectivity index (χ4v) is 4.07. The van der Waals surface area contributed by atoms with Crippen molar-refractivity contribution in [3.05, 3.63) is 70.3 Å². The number of anilines is 2. The van der Waals surface area contributed by atoms with Crippen molar-refractivity contribution >= 4 is 40.8 Å². The van der Waals surface area contributed by atoms with Gasteiger partial charge >= 0.3 is 0 Å². The SMILES string of the molecule is C=C(C)Nc1cc(N(C)C(C(C(C=O)=NC2CC2)=C(C)N)c2ccc(Cl)cc2)nn2c(C)nnc12. The fraction of sp³-hybridized carbons (Fsp3) is 0.320. The van der Waals surface area contributed by atoms with Crippen molar-refractivity contribution in [2.45, 2.75) is 45.7 Å². The van der Waals surface area contributed by atoms with Gasteiger partial charge in [-0.05, 0) is 51.3 Å². The number of hydrogen-bond donors (Lipinski definition) is 2. The lowest BCUT2D eigenvalue weighted by Crippen LogP contribution is -2.32. The molecule has 3 aromatic rings. The number of nitrogens with two attached hydrogens (primary N) is 1. The summed E-state index contributed by atoms with van der Waals surface area (Å²) in [5.41, 5.74) is 10.8. The highest BCUT2D eigenvalue weighted by atomic mass is 35.5. The third kappa shape index (κ3) is 5.19. The topological polar surface area (TPSA) is 114 Å². The van der Waals surface area contributed by atoms with Gasteiger partial charge in [0.1, 0.15) is 5.71 Å². The standard InChI is InChI=1S/C25H29ClN8O/c1-14(2)28-20-12-22(32-34-16(4)30-31-25(20)34)33(5)24(17-6-8-18(26)9-7-17)23(15(3)27)21(13-35)29-19-10-11-19/h6-9,12-13,19,24,28H,1,10-11,27H2,2-5H3. The summed E-state index contributed by atoms with van der Waals surface area (Å²) in [5.74, 6) is 1.25. The molecule has 0 bridgehead atoms. The average molecular weight is 493 g/mol. The number of carbonyl (C=O) groups excluding carboxylic acids is 1. The molecule has 0 aliphatic heterocycles. The van der Waals surface area contributed by atoms with Gasteiger partial charge in [0, 0.05) is 35.1 Å². The summed E-state index contributed by atoms with van der Waals surface area (Å²) in [6.07, 6.45) is 2.73. The van der Waals surface area contributed by atoms with Crippen molar-refractivity contribution < 1.29 is 4.79 Å². The van der Waals surface area contributed by atoms with Gasteiger partial charge in [-0.2, -0.15) is 4.52 Å². The Labute approximate surface area is 209 Å². The van der Waals surface area contributed by atoms with Crippen molar-refractivity contribution in [2.24, 2.45) is 10.7 Å². The Morgan fingerprint density at radius 2 is 2.00 bits per heavy atom. The molecule has 1 unspecified atom stereocenters. The number of aliphatic imine (C=N–C) groups is 1. The Hall–Kier alpha value is -3.72. The largest absolute Gasteiger partial charge is 0.402 e. The van der Waals surface area contributed by atoms with E-state index in [1.807, 2.05) is 56.1 Å². The highest BCUT2D eigenvalue weighted by Gasteiger charge is 2.31. The smallest absolute Gasteiger partial charge is 0.201 e. The molecule has 1 aliphatic carbocycles. The van der Waals surface area contributed by atoms with Crippen LogP contribution in [-0.4, -0.2) is 44.9 Å². The number of likely N-dealkylation sites (N-methyl/N-ethyl adjacent to an activating group) is 1. The van der Waals surface area contributed by atoms with Crippen LogP contribution in [0.3, 0.4) is 0 Å². The van der Waals surface area contributed by atoms with Gasteiger partial charge in [-0.15, -0.1) is 15.3 Å². The first kappa shape index (κ1) is 24.4. The fourth-order valence-electron chi connectivity index (χ4n) is 3.95. The Balaban J connectivity index is 1.91. The zero-order valence-electron chi connectivity index (χ0n) is 20.3. The maximum atomic E-state index is 12.2. The van der Waals surface area contributed by atoms with Gasteiger partial charge in [-0.25, -0.2) is 0 Å². The first-order valence-corrected chi connectivity index (χ1v) is 11.7. The maximum absolute atomic E-state index is 12.2. The van der Waals surface area contributed by atoms with E-state index in [0.29, 0.717) is 45.0 Å². The number of hydrogen-bond acceptors (Lipinski definition) is 8. The summed E-state index contributed by atoms with van der Waals surface area (Å²) < 4.78 is 1.67. The van der Waals surface area contributed by atoms with Crippen LogP contribution in [0.25, 0.3) is 5.65 Å². The average Bonchev–Trinajstić information content (AvgIpc) is 3.56. The molecule has 35 heavy (non-hydrogen) atoms. The number of halogens is 1. The highest BCUT2D eigenvalue weighted by molar-refractivity contribution is 6.37. The molecule has 4 rings (SSSR count). The van der Waals surface area contributed by atoms with E-state index < -0.39 is 6.04 Å².